The molecule has 0 radical (unpaired) electrons. The lowest BCUT2D eigenvalue weighted by molar-refractivity contribution is 0.447. The molecular formula is C25H21F5. The van der Waals surface area contributed by atoms with Gasteiger partial charge in [-0.05, 0) is 77.6 Å². The topological polar surface area (TPSA) is 0 Å². The molecule has 1 aliphatic carbocycles. The van der Waals surface area contributed by atoms with Gasteiger partial charge in [0.15, 0.2) is 17.5 Å². The summed E-state index contributed by atoms with van der Waals surface area (Å²) >= 11 is 0. The summed E-state index contributed by atoms with van der Waals surface area (Å²) < 4.78 is 70.2. The molecule has 0 spiro atoms. The molecule has 30 heavy (non-hydrogen) atoms. The first-order chi connectivity index (χ1) is 14.4. The first kappa shape index (κ1) is 20.6. The largest absolute Gasteiger partial charge is 0.207 e. The van der Waals surface area contributed by atoms with E-state index in [4.69, 9.17) is 0 Å². The van der Waals surface area contributed by atoms with E-state index >= 15 is 4.39 Å². The molecule has 1 aliphatic rings. The zero-order valence-electron chi connectivity index (χ0n) is 16.5. The van der Waals surface area contributed by atoms with E-state index in [2.05, 4.69) is 0 Å². The quantitative estimate of drug-likeness (QED) is 0.310. The Balaban J connectivity index is 1.64. The van der Waals surface area contributed by atoms with Crippen molar-refractivity contribution in [1.29, 1.82) is 0 Å². The molecule has 0 aliphatic heterocycles. The Bertz CT molecular complexity index is 1080. The molecule has 4 rings (SSSR count). The van der Waals surface area contributed by atoms with Gasteiger partial charge in [0.05, 0.1) is 0 Å². The van der Waals surface area contributed by atoms with Crippen LogP contribution in [0.15, 0.2) is 42.5 Å². The van der Waals surface area contributed by atoms with Crippen LogP contribution >= 0.6 is 0 Å². The van der Waals surface area contributed by atoms with Crippen LogP contribution in [-0.4, -0.2) is 0 Å². The molecule has 0 bridgehead atoms. The van der Waals surface area contributed by atoms with Crippen LogP contribution in [0.1, 0.15) is 47.9 Å². The third-order valence-electron chi connectivity index (χ3n) is 5.89. The highest BCUT2D eigenvalue weighted by Gasteiger charge is 2.26. The lowest BCUT2D eigenvalue weighted by Crippen LogP contribution is -2.16. The Morgan fingerprint density at radius 2 is 1.57 bits per heavy atom. The summed E-state index contributed by atoms with van der Waals surface area (Å²) in [5, 5.41) is 0. The van der Waals surface area contributed by atoms with Gasteiger partial charge in [-0.1, -0.05) is 37.6 Å². The number of hydrogen-bond donors (Lipinski definition) is 0. The van der Waals surface area contributed by atoms with Crippen LogP contribution in [0.2, 0.25) is 0 Å². The standard InChI is InChI=1S/C25H21F5/c1-2-3-14-4-7-18(21(26)10-14)15-5-8-19-16(11-15)6-9-20(24(19)29)17-12-22(27)25(30)23(28)13-17/h4,6-7,9-10,12-13,15H,2-3,5,8,11H2,1H3. The van der Waals surface area contributed by atoms with E-state index in [0.717, 1.165) is 36.1 Å². The minimum absolute atomic E-state index is 0.0279. The second kappa shape index (κ2) is 8.21. The third kappa shape index (κ3) is 3.73. The Kier molecular flexibility index (Phi) is 5.63. The van der Waals surface area contributed by atoms with Crippen LogP contribution < -0.4 is 0 Å². The lowest BCUT2D eigenvalue weighted by Gasteiger charge is -2.26. The molecule has 0 saturated carbocycles. The molecule has 1 atom stereocenters. The molecule has 0 nitrogen and oxygen atoms in total. The number of aryl methyl sites for hydroxylation is 1. The average Bonchev–Trinajstić information content (AvgIpc) is 2.72. The molecule has 0 amide bonds. The molecule has 0 N–H and O–H groups in total. The number of hydrogen-bond acceptors (Lipinski definition) is 0. The van der Waals surface area contributed by atoms with Gasteiger partial charge >= 0.3 is 0 Å². The lowest BCUT2D eigenvalue weighted by atomic mass is 9.78. The van der Waals surface area contributed by atoms with Crippen molar-refractivity contribution in [2.75, 3.05) is 0 Å². The van der Waals surface area contributed by atoms with Crippen molar-refractivity contribution in [3.63, 3.8) is 0 Å². The van der Waals surface area contributed by atoms with Gasteiger partial charge in [0.2, 0.25) is 0 Å². The maximum Gasteiger partial charge on any atom is 0.194 e. The summed E-state index contributed by atoms with van der Waals surface area (Å²) in [6.07, 6.45) is 3.22. The van der Waals surface area contributed by atoms with E-state index in [-0.39, 0.29) is 22.9 Å². The molecular weight excluding hydrogens is 395 g/mol. The molecule has 3 aromatic rings. The molecule has 156 valence electrons. The number of rotatable bonds is 4. The van der Waals surface area contributed by atoms with E-state index < -0.39 is 23.3 Å². The van der Waals surface area contributed by atoms with Crippen LogP contribution in [0.25, 0.3) is 11.1 Å². The summed E-state index contributed by atoms with van der Waals surface area (Å²) in [6.45, 7) is 2.04. The summed E-state index contributed by atoms with van der Waals surface area (Å²) in [7, 11) is 0. The fourth-order valence-electron chi connectivity index (χ4n) is 4.35. The highest BCUT2D eigenvalue weighted by atomic mass is 19.2. The van der Waals surface area contributed by atoms with E-state index in [1.54, 1.807) is 12.1 Å². The second-order valence-corrected chi connectivity index (χ2v) is 7.86. The van der Waals surface area contributed by atoms with Gasteiger partial charge in [0.1, 0.15) is 11.6 Å². The van der Waals surface area contributed by atoms with E-state index in [1.165, 1.54) is 6.07 Å². The van der Waals surface area contributed by atoms with Gasteiger partial charge in [-0.3, -0.25) is 0 Å². The van der Waals surface area contributed by atoms with Gasteiger partial charge < -0.3 is 0 Å². The number of halogens is 5. The fourth-order valence-corrected chi connectivity index (χ4v) is 4.35. The van der Waals surface area contributed by atoms with Crippen molar-refractivity contribution in [1.82, 2.24) is 0 Å². The fraction of sp³-hybridized carbons (Fsp3) is 0.280. The van der Waals surface area contributed by atoms with Gasteiger partial charge in [-0.25, -0.2) is 22.0 Å². The zero-order valence-corrected chi connectivity index (χ0v) is 16.5. The Morgan fingerprint density at radius 1 is 0.833 bits per heavy atom. The summed E-state index contributed by atoms with van der Waals surface area (Å²) in [6, 6.07) is 10.1. The van der Waals surface area contributed by atoms with Crippen LogP contribution in [-0.2, 0) is 19.3 Å². The molecule has 3 aromatic carbocycles. The predicted molar refractivity (Wildman–Crippen MR) is 107 cm³/mol. The third-order valence-corrected chi connectivity index (χ3v) is 5.89. The van der Waals surface area contributed by atoms with Gasteiger partial charge in [0, 0.05) is 5.56 Å². The molecule has 0 heterocycles. The van der Waals surface area contributed by atoms with Crippen LogP contribution in [0.3, 0.4) is 0 Å². The maximum absolute atomic E-state index is 15.1. The highest BCUT2D eigenvalue weighted by molar-refractivity contribution is 5.66. The number of benzene rings is 3. The van der Waals surface area contributed by atoms with Crippen molar-refractivity contribution >= 4 is 0 Å². The monoisotopic (exact) mass is 416 g/mol. The second-order valence-electron chi connectivity index (χ2n) is 7.86. The normalized spacial score (nSPS) is 15.9. The van der Waals surface area contributed by atoms with Crippen molar-refractivity contribution in [2.45, 2.75) is 44.9 Å². The van der Waals surface area contributed by atoms with E-state index in [0.29, 0.717) is 30.4 Å². The summed E-state index contributed by atoms with van der Waals surface area (Å²) in [5.74, 6) is -5.14. The smallest absolute Gasteiger partial charge is 0.194 e. The zero-order chi connectivity index (χ0) is 21.4. The summed E-state index contributed by atoms with van der Waals surface area (Å²) in [4.78, 5) is 0. The predicted octanol–water partition coefficient (Wildman–Crippen LogP) is 7.27. The Labute approximate surface area is 172 Å². The molecule has 1 unspecified atom stereocenters. The summed E-state index contributed by atoms with van der Waals surface area (Å²) in [5.41, 5.74) is 2.80. The Hall–Kier alpha value is -2.69. The SMILES string of the molecule is CCCc1ccc(C2CCc3c(ccc(-c4cc(F)c(F)c(F)c4)c3F)C2)c(F)c1. The minimum Gasteiger partial charge on any atom is -0.207 e. The van der Waals surface area contributed by atoms with Gasteiger partial charge in [-0.15, -0.1) is 0 Å². The van der Waals surface area contributed by atoms with Gasteiger partial charge in [-0.2, -0.15) is 0 Å². The van der Waals surface area contributed by atoms with Gasteiger partial charge in [0.25, 0.3) is 0 Å². The van der Waals surface area contributed by atoms with E-state index in [1.807, 2.05) is 19.1 Å². The van der Waals surface area contributed by atoms with Crippen molar-refractivity contribution < 1.29 is 22.0 Å². The first-order valence-electron chi connectivity index (χ1n) is 10.1. The van der Waals surface area contributed by atoms with Crippen molar-refractivity contribution in [3.05, 3.63) is 93.8 Å². The van der Waals surface area contributed by atoms with Crippen LogP contribution in [0.4, 0.5) is 22.0 Å². The van der Waals surface area contributed by atoms with Crippen molar-refractivity contribution in [2.24, 2.45) is 0 Å². The van der Waals surface area contributed by atoms with Crippen LogP contribution in [0, 0.1) is 29.1 Å². The molecule has 0 saturated heterocycles. The molecule has 5 heteroatoms. The average molecular weight is 416 g/mol. The van der Waals surface area contributed by atoms with Crippen LogP contribution in [0.5, 0.6) is 0 Å². The minimum atomic E-state index is -1.58. The van der Waals surface area contributed by atoms with Crippen molar-refractivity contribution in [3.8, 4) is 11.1 Å². The maximum atomic E-state index is 15.1. The highest BCUT2D eigenvalue weighted by Crippen LogP contribution is 2.38. The first-order valence-corrected chi connectivity index (χ1v) is 10.1. The molecule has 0 fully saturated rings. The van der Waals surface area contributed by atoms with E-state index in [9.17, 15) is 17.6 Å². The number of fused-ring (bicyclic) bond motifs is 1. The Morgan fingerprint density at radius 3 is 2.23 bits per heavy atom. The molecule has 0 aromatic heterocycles.